The molecule has 0 saturated heterocycles. The summed E-state index contributed by atoms with van der Waals surface area (Å²) >= 11 is 8.10. The summed E-state index contributed by atoms with van der Waals surface area (Å²) in [5.74, 6) is 0.780. The van der Waals surface area contributed by atoms with Gasteiger partial charge in [0.15, 0.2) is 0 Å². The summed E-state index contributed by atoms with van der Waals surface area (Å²) < 4.78 is 42.6. The number of benzene rings is 3. The van der Waals surface area contributed by atoms with E-state index in [1.165, 1.54) is 18.5 Å². The van der Waals surface area contributed by atoms with Crippen molar-refractivity contribution >= 4 is 60.5 Å². The topological polar surface area (TPSA) is 119 Å². The van der Waals surface area contributed by atoms with Gasteiger partial charge in [-0.15, -0.1) is 11.3 Å². The molecule has 3 aromatic heterocycles. The molecule has 6 rings (SSSR count). The number of ether oxygens (including phenoxy) is 1. The fourth-order valence-electron chi connectivity index (χ4n) is 4.82. The van der Waals surface area contributed by atoms with Gasteiger partial charge >= 0.3 is 0 Å². The van der Waals surface area contributed by atoms with Crippen molar-refractivity contribution in [1.82, 2.24) is 25.3 Å². The first-order valence-corrected chi connectivity index (χ1v) is 17.0. The van der Waals surface area contributed by atoms with Crippen molar-refractivity contribution in [1.29, 1.82) is 0 Å². The molecule has 9 nitrogen and oxygen atoms in total. The van der Waals surface area contributed by atoms with Crippen molar-refractivity contribution in [3.63, 3.8) is 0 Å². The molecule has 0 saturated carbocycles. The first kappa shape index (κ1) is 32.2. The van der Waals surface area contributed by atoms with Gasteiger partial charge in [0.25, 0.3) is 0 Å². The Bertz CT molecular complexity index is 2150. The normalized spacial score (nSPS) is 11.0. The second-order valence-corrected chi connectivity index (χ2v) is 12.7. The number of hydrogen-bond donors (Lipinski definition) is 2. The van der Waals surface area contributed by atoms with Crippen LogP contribution in [0.25, 0.3) is 22.2 Å². The minimum absolute atomic E-state index is 0.191. The van der Waals surface area contributed by atoms with E-state index in [2.05, 4.69) is 25.6 Å². The molecule has 0 unspecified atom stereocenters. The molecule has 0 aliphatic heterocycles. The van der Waals surface area contributed by atoms with E-state index >= 15 is 0 Å². The Balaban J connectivity index is 1.08. The third-order valence-electron chi connectivity index (χ3n) is 7.14. The van der Waals surface area contributed by atoms with Crippen LogP contribution in [-0.4, -0.2) is 46.3 Å². The highest BCUT2D eigenvalue weighted by atomic mass is 35.5. The zero-order valence-electron chi connectivity index (χ0n) is 24.9. The van der Waals surface area contributed by atoms with Crippen molar-refractivity contribution < 1.29 is 17.5 Å². The van der Waals surface area contributed by atoms with Crippen LogP contribution in [0.5, 0.6) is 5.75 Å². The molecule has 47 heavy (non-hydrogen) atoms. The van der Waals surface area contributed by atoms with Crippen molar-refractivity contribution in [2.45, 2.75) is 19.4 Å². The number of nitrogens with zero attached hydrogens (tertiary/aromatic N) is 4. The summed E-state index contributed by atoms with van der Waals surface area (Å²) in [6.45, 7) is 1.04. The first-order chi connectivity index (χ1) is 22.9. The zero-order chi connectivity index (χ0) is 32.6. The summed E-state index contributed by atoms with van der Waals surface area (Å²) in [5, 5.41) is 10.8. The van der Waals surface area contributed by atoms with Crippen LogP contribution in [0.2, 0.25) is 5.02 Å². The van der Waals surface area contributed by atoms with E-state index in [1.54, 1.807) is 60.0 Å². The molecule has 0 aliphatic rings. The summed E-state index contributed by atoms with van der Waals surface area (Å²) in [7, 11) is -2.35. The maximum Gasteiger partial charge on any atom is 0.220 e. The molecule has 0 aliphatic carbocycles. The molecule has 0 atom stereocenters. The van der Waals surface area contributed by atoms with Gasteiger partial charge in [-0.2, -0.15) is 8.42 Å². The highest BCUT2D eigenvalue weighted by molar-refractivity contribution is 7.73. The predicted molar refractivity (Wildman–Crippen MR) is 185 cm³/mol. The molecular formula is C34H28ClFN6O3S2. The van der Waals surface area contributed by atoms with Gasteiger partial charge in [0.2, 0.25) is 10.3 Å². The Hall–Kier alpha value is -4.75. The zero-order valence-corrected chi connectivity index (χ0v) is 27.2. The molecule has 6 aromatic rings. The molecule has 238 valence electrons. The molecule has 3 heterocycles. The standard InChI is InChI=1S/C34H28ClFN6O3S2/c35-27-17-25(10-12-31(27)45-19-22-5-3-6-24(36)15-22)41-34-26-16-23(9-11-28(26)39-21-40-34)30-20-46-33(42-30)8-4-13-37-18-32(47(43)44)29-7-1-2-14-38-29/h1-3,5-7,9-12,14-17,20-21,37H,4,8,13,18-19H2,(H,39,40,41). The molecule has 3 aromatic carbocycles. The molecule has 0 spiro atoms. The van der Waals surface area contributed by atoms with Crippen LogP contribution in [0, 0.1) is 5.82 Å². The molecule has 0 radical (unpaired) electrons. The van der Waals surface area contributed by atoms with Crippen molar-refractivity contribution in [3.05, 3.63) is 124 Å². The van der Waals surface area contributed by atoms with E-state index < -0.39 is 10.3 Å². The molecule has 0 amide bonds. The van der Waals surface area contributed by atoms with Crippen LogP contribution in [-0.2, 0) is 23.3 Å². The highest BCUT2D eigenvalue weighted by Crippen LogP contribution is 2.32. The Kier molecular flexibility index (Phi) is 10.4. The lowest BCUT2D eigenvalue weighted by atomic mass is 10.1. The van der Waals surface area contributed by atoms with Crippen LogP contribution < -0.4 is 15.4 Å². The fourth-order valence-corrected chi connectivity index (χ4v) is 6.42. The minimum Gasteiger partial charge on any atom is -0.487 e. The van der Waals surface area contributed by atoms with E-state index in [0.717, 1.165) is 40.0 Å². The molecule has 0 bridgehead atoms. The van der Waals surface area contributed by atoms with Crippen LogP contribution in [0.4, 0.5) is 15.9 Å². The SMILES string of the molecule is O=S(=O)=C(CNCCCc1nc(-c2ccc3ncnc(Nc4ccc(OCc5cccc(F)c5)c(Cl)c4)c3c2)cs1)c1ccccn1. The maximum absolute atomic E-state index is 13.5. The van der Waals surface area contributed by atoms with Gasteiger partial charge in [-0.05, 0) is 73.1 Å². The van der Waals surface area contributed by atoms with Gasteiger partial charge in [-0.25, -0.2) is 19.3 Å². The quantitative estimate of drug-likeness (QED) is 0.0761. The minimum atomic E-state index is -2.35. The number of aromatic nitrogens is 4. The molecule has 13 heteroatoms. The van der Waals surface area contributed by atoms with Gasteiger partial charge in [-0.3, -0.25) is 4.98 Å². The van der Waals surface area contributed by atoms with Gasteiger partial charge in [0.05, 0.1) is 26.9 Å². The van der Waals surface area contributed by atoms with Crippen molar-refractivity contribution in [2.24, 2.45) is 0 Å². The largest absolute Gasteiger partial charge is 0.487 e. The van der Waals surface area contributed by atoms with E-state index in [1.807, 2.05) is 29.6 Å². The molecular weight excluding hydrogens is 659 g/mol. The van der Waals surface area contributed by atoms with Crippen molar-refractivity contribution in [3.8, 4) is 17.0 Å². The van der Waals surface area contributed by atoms with E-state index in [4.69, 9.17) is 21.3 Å². The first-order valence-electron chi connectivity index (χ1n) is 14.6. The number of fused-ring (bicyclic) bond motifs is 1. The highest BCUT2D eigenvalue weighted by Gasteiger charge is 2.12. The molecule has 2 N–H and O–H groups in total. The van der Waals surface area contributed by atoms with Crippen LogP contribution in [0.1, 0.15) is 22.7 Å². The number of aryl methyl sites for hydroxylation is 1. The maximum atomic E-state index is 13.5. The van der Waals surface area contributed by atoms with Gasteiger partial charge in [0.1, 0.15) is 35.2 Å². The van der Waals surface area contributed by atoms with E-state index in [-0.39, 0.29) is 23.8 Å². The summed E-state index contributed by atoms with van der Waals surface area (Å²) in [4.78, 5) is 18.1. The van der Waals surface area contributed by atoms with Crippen LogP contribution >= 0.6 is 22.9 Å². The van der Waals surface area contributed by atoms with Crippen LogP contribution in [0.3, 0.4) is 0 Å². The third-order valence-corrected chi connectivity index (χ3v) is 9.10. The lowest BCUT2D eigenvalue weighted by Gasteiger charge is -2.12. The summed E-state index contributed by atoms with van der Waals surface area (Å²) in [6, 6.07) is 22.7. The lowest BCUT2D eigenvalue weighted by Crippen LogP contribution is -2.26. The Morgan fingerprint density at radius 3 is 2.70 bits per heavy atom. The second kappa shape index (κ2) is 15.2. The third kappa shape index (κ3) is 8.35. The van der Waals surface area contributed by atoms with Gasteiger partial charge < -0.3 is 15.4 Å². The lowest BCUT2D eigenvalue weighted by molar-refractivity contribution is 0.306. The monoisotopic (exact) mass is 686 g/mol. The fraction of sp³-hybridized carbons (Fsp3) is 0.147. The van der Waals surface area contributed by atoms with E-state index in [0.29, 0.717) is 40.1 Å². The second-order valence-electron chi connectivity index (χ2n) is 10.4. The average Bonchev–Trinajstić information content (AvgIpc) is 3.55. The van der Waals surface area contributed by atoms with E-state index in [9.17, 15) is 12.8 Å². The number of thiazole rings is 1. The van der Waals surface area contributed by atoms with Crippen LogP contribution in [0.15, 0.2) is 96.8 Å². The Morgan fingerprint density at radius 2 is 1.89 bits per heavy atom. The van der Waals surface area contributed by atoms with Crippen molar-refractivity contribution in [2.75, 3.05) is 18.4 Å². The molecule has 0 fully saturated rings. The van der Waals surface area contributed by atoms with Gasteiger partial charge in [0, 0.05) is 41.2 Å². The predicted octanol–water partition coefficient (Wildman–Crippen LogP) is 6.89. The smallest absolute Gasteiger partial charge is 0.220 e. The van der Waals surface area contributed by atoms with Gasteiger partial charge in [-0.1, -0.05) is 35.9 Å². The summed E-state index contributed by atoms with van der Waals surface area (Å²) in [6.07, 6.45) is 4.63. The Morgan fingerprint density at radius 1 is 0.979 bits per heavy atom. The number of anilines is 2. The average molecular weight is 687 g/mol. The number of nitrogens with one attached hydrogen (secondary N) is 2. The number of hydrogen-bond acceptors (Lipinski definition) is 10. The Labute approximate surface area is 281 Å². The summed E-state index contributed by atoms with van der Waals surface area (Å²) in [5.41, 5.74) is 4.43. The number of pyridine rings is 1. The number of halogens is 2. The number of rotatable bonds is 13.